The Labute approximate surface area is 117 Å². The summed E-state index contributed by atoms with van der Waals surface area (Å²) in [5, 5.41) is 1.90. The lowest BCUT2D eigenvalue weighted by Crippen LogP contribution is -2.03. The van der Waals surface area contributed by atoms with Gasteiger partial charge in [-0.25, -0.2) is 0 Å². The van der Waals surface area contributed by atoms with E-state index in [-0.39, 0.29) is 5.78 Å². The van der Waals surface area contributed by atoms with Crippen molar-refractivity contribution in [1.82, 2.24) is 0 Å². The monoisotopic (exact) mass is 272 g/mol. The summed E-state index contributed by atoms with van der Waals surface area (Å²) in [6.45, 7) is 0. The number of ether oxygens (including phenoxy) is 1. The van der Waals surface area contributed by atoms with Crippen molar-refractivity contribution < 1.29 is 9.53 Å². The zero-order valence-electron chi connectivity index (χ0n) is 10.9. The zero-order chi connectivity index (χ0) is 13.2. The van der Waals surface area contributed by atoms with Crippen molar-refractivity contribution in [2.75, 3.05) is 7.11 Å². The highest BCUT2D eigenvalue weighted by Gasteiger charge is 2.16. The van der Waals surface area contributed by atoms with E-state index in [2.05, 4.69) is 18.2 Å². The number of thiophene rings is 1. The van der Waals surface area contributed by atoms with E-state index in [1.807, 2.05) is 11.4 Å². The lowest BCUT2D eigenvalue weighted by molar-refractivity contribution is 0.0994. The standard InChI is InChI=1S/C16H16O2S/c1-18-15-7-8-19-16(15)14(17)10-11-5-6-12-3-2-4-13(12)9-11/h5-9H,2-4,10H2,1H3. The van der Waals surface area contributed by atoms with Crippen LogP contribution in [-0.4, -0.2) is 12.9 Å². The van der Waals surface area contributed by atoms with Gasteiger partial charge in [-0.15, -0.1) is 11.3 Å². The van der Waals surface area contributed by atoms with Crippen LogP contribution in [0.25, 0.3) is 0 Å². The summed E-state index contributed by atoms with van der Waals surface area (Å²) in [4.78, 5) is 13.0. The minimum atomic E-state index is 0.143. The van der Waals surface area contributed by atoms with Gasteiger partial charge in [0, 0.05) is 6.42 Å². The average Bonchev–Trinajstić information content (AvgIpc) is 3.06. The predicted octanol–water partition coefficient (Wildman–Crippen LogP) is 3.67. The Bertz CT molecular complexity index is 613. The summed E-state index contributed by atoms with van der Waals surface area (Å²) < 4.78 is 5.21. The second-order valence-corrected chi connectivity index (χ2v) is 5.79. The second-order valence-electron chi connectivity index (χ2n) is 4.87. The Morgan fingerprint density at radius 2 is 2.11 bits per heavy atom. The van der Waals surface area contributed by atoms with Crippen LogP contribution in [0, 0.1) is 0 Å². The van der Waals surface area contributed by atoms with Gasteiger partial charge in [0.05, 0.1) is 7.11 Å². The van der Waals surface area contributed by atoms with E-state index in [1.165, 1.54) is 35.3 Å². The van der Waals surface area contributed by atoms with Crippen LogP contribution < -0.4 is 4.74 Å². The highest BCUT2D eigenvalue weighted by molar-refractivity contribution is 7.12. The molecule has 1 aliphatic rings. The first kappa shape index (κ1) is 12.4. The largest absolute Gasteiger partial charge is 0.495 e. The van der Waals surface area contributed by atoms with Gasteiger partial charge < -0.3 is 4.74 Å². The van der Waals surface area contributed by atoms with Crippen LogP contribution in [0.4, 0.5) is 0 Å². The van der Waals surface area contributed by atoms with Gasteiger partial charge in [-0.2, -0.15) is 0 Å². The highest BCUT2D eigenvalue weighted by Crippen LogP contribution is 2.27. The van der Waals surface area contributed by atoms with E-state index in [1.54, 1.807) is 7.11 Å². The normalized spacial score (nSPS) is 13.3. The van der Waals surface area contributed by atoms with Crippen molar-refractivity contribution in [3.63, 3.8) is 0 Å². The van der Waals surface area contributed by atoms with Crippen LogP contribution in [0.2, 0.25) is 0 Å². The zero-order valence-corrected chi connectivity index (χ0v) is 11.8. The molecule has 0 saturated carbocycles. The first-order valence-corrected chi connectivity index (χ1v) is 7.41. The molecule has 0 atom stereocenters. The molecule has 0 N–H and O–H groups in total. The molecule has 0 aliphatic heterocycles. The SMILES string of the molecule is COc1ccsc1C(=O)Cc1ccc2c(c1)CCC2. The molecule has 0 spiro atoms. The first-order valence-electron chi connectivity index (χ1n) is 6.53. The summed E-state index contributed by atoms with van der Waals surface area (Å²) in [6, 6.07) is 8.31. The molecule has 0 unspecified atom stereocenters. The Hall–Kier alpha value is -1.61. The Morgan fingerprint density at radius 3 is 2.95 bits per heavy atom. The number of rotatable bonds is 4. The summed E-state index contributed by atoms with van der Waals surface area (Å²) in [7, 11) is 1.61. The van der Waals surface area contributed by atoms with Gasteiger partial charge in [-0.3, -0.25) is 4.79 Å². The smallest absolute Gasteiger partial charge is 0.180 e. The maximum atomic E-state index is 12.3. The topological polar surface area (TPSA) is 26.3 Å². The molecule has 0 bridgehead atoms. The van der Waals surface area contributed by atoms with Gasteiger partial charge in [0.1, 0.15) is 10.6 Å². The molecule has 1 aliphatic carbocycles. The molecule has 0 fully saturated rings. The summed E-state index contributed by atoms with van der Waals surface area (Å²) >= 11 is 1.45. The number of carbonyl (C=O) groups is 1. The fourth-order valence-corrected chi connectivity index (χ4v) is 3.46. The molecular weight excluding hydrogens is 256 g/mol. The highest BCUT2D eigenvalue weighted by atomic mass is 32.1. The van der Waals surface area contributed by atoms with Crippen molar-refractivity contribution >= 4 is 17.1 Å². The fourth-order valence-electron chi connectivity index (χ4n) is 2.66. The molecule has 0 radical (unpaired) electrons. The fraction of sp³-hybridized carbons (Fsp3) is 0.312. The summed E-state index contributed by atoms with van der Waals surface area (Å²) in [5.41, 5.74) is 3.98. The van der Waals surface area contributed by atoms with Gasteiger partial charge in [0.25, 0.3) is 0 Å². The van der Waals surface area contributed by atoms with Gasteiger partial charge >= 0.3 is 0 Å². The van der Waals surface area contributed by atoms with Crippen LogP contribution in [0.1, 0.15) is 32.8 Å². The van der Waals surface area contributed by atoms with Crippen molar-refractivity contribution in [3.8, 4) is 5.75 Å². The lowest BCUT2D eigenvalue weighted by atomic mass is 10.0. The Morgan fingerprint density at radius 1 is 1.26 bits per heavy atom. The van der Waals surface area contributed by atoms with Gasteiger partial charge in [-0.05, 0) is 47.4 Å². The van der Waals surface area contributed by atoms with Crippen LogP contribution in [0.5, 0.6) is 5.75 Å². The number of hydrogen-bond acceptors (Lipinski definition) is 3. The minimum Gasteiger partial charge on any atom is -0.495 e. The quantitative estimate of drug-likeness (QED) is 0.794. The summed E-state index contributed by atoms with van der Waals surface area (Å²) in [6.07, 6.45) is 4.04. The Kier molecular flexibility index (Phi) is 3.38. The molecule has 1 aromatic carbocycles. The predicted molar refractivity (Wildman–Crippen MR) is 77.4 cm³/mol. The van der Waals surface area contributed by atoms with E-state index < -0.39 is 0 Å². The number of aryl methyl sites for hydroxylation is 2. The molecule has 1 heterocycles. The molecule has 19 heavy (non-hydrogen) atoms. The molecule has 2 aromatic rings. The average molecular weight is 272 g/mol. The van der Waals surface area contributed by atoms with Gasteiger partial charge in [-0.1, -0.05) is 18.2 Å². The van der Waals surface area contributed by atoms with Crippen molar-refractivity contribution in [3.05, 3.63) is 51.2 Å². The number of Topliss-reactive ketones (excluding diaryl/α,β-unsaturated/α-hetero) is 1. The Balaban J connectivity index is 1.80. The number of ketones is 1. The van der Waals surface area contributed by atoms with E-state index in [9.17, 15) is 4.79 Å². The van der Waals surface area contributed by atoms with Crippen LogP contribution in [-0.2, 0) is 19.3 Å². The van der Waals surface area contributed by atoms with Crippen molar-refractivity contribution in [2.45, 2.75) is 25.7 Å². The number of fused-ring (bicyclic) bond motifs is 1. The van der Waals surface area contributed by atoms with Crippen LogP contribution >= 0.6 is 11.3 Å². The van der Waals surface area contributed by atoms with E-state index in [0.717, 1.165) is 16.9 Å². The van der Waals surface area contributed by atoms with Gasteiger partial charge in [0.15, 0.2) is 5.78 Å². The number of hydrogen-bond donors (Lipinski definition) is 0. The van der Waals surface area contributed by atoms with Crippen LogP contribution in [0.3, 0.4) is 0 Å². The molecule has 2 nitrogen and oxygen atoms in total. The third kappa shape index (κ3) is 2.43. The first-order chi connectivity index (χ1) is 9.28. The molecular formula is C16H16O2S. The third-order valence-corrected chi connectivity index (χ3v) is 4.57. The van der Waals surface area contributed by atoms with E-state index >= 15 is 0 Å². The molecule has 3 rings (SSSR count). The van der Waals surface area contributed by atoms with E-state index in [4.69, 9.17) is 4.74 Å². The van der Waals surface area contributed by atoms with Crippen molar-refractivity contribution in [1.29, 1.82) is 0 Å². The third-order valence-electron chi connectivity index (χ3n) is 3.63. The maximum absolute atomic E-state index is 12.3. The van der Waals surface area contributed by atoms with E-state index in [0.29, 0.717) is 12.2 Å². The second kappa shape index (κ2) is 5.17. The lowest BCUT2D eigenvalue weighted by Gasteiger charge is -2.05. The number of methoxy groups -OCH3 is 1. The summed E-state index contributed by atoms with van der Waals surface area (Å²) in [5.74, 6) is 0.834. The molecule has 0 saturated heterocycles. The molecule has 98 valence electrons. The molecule has 3 heteroatoms. The molecule has 1 aromatic heterocycles. The minimum absolute atomic E-state index is 0.143. The number of carbonyl (C=O) groups excluding carboxylic acids is 1. The van der Waals surface area contributed by atoms with Gasteiger partial charge in [0.2, 0.25) is 0 Å². The number of benzene rings is 1. The molecule has 0 amide bonds. The maximum Gasteiger partial charge on any atom is 0.180 e. The van der Waals surface area contributed by atoms with Crippen LogP contribution in [0.15, 0.2) is 29.6 Å². The van der Waals surface area contributed by atoms with Crippen molar-refractivity contribution in [2.24, 2.45) is 0 Å².